The quantitative estimate of drug-likeness (QED) is 0.572. The van der Waals surface area contributed by atoms with Crippen molar-refractivity contribution in [2.45, 2.75) is 38.5 Å². The number of carbonyl (C=O) groups excluding carboxylic acids is 1. The van der Waals surface area contributed by atoms with Crippen LogP contribution in [0.3, 0.4) is 0 Å². The first-order valence-electron chi connectivity index (χ1n) is 6.26. The smallest absolute Gasteiger partial charge is 0.171 e. The van der Waals surface area contributed by atoms with Crippen LogP contribution in [0, 0.1) is 17.6 Å². The second-order valence-corrected chi connectivity index (χ2v) is 5.26. The maximum atomic E-state index is 13.6. The predicted molar refractivity (Wildman–Crippen MR) is 66.9 cm³/mol. The molecule has 0 heterocycles. The van der Waals surface area contributed by atoms with E-state index >= 15 is 0 Å². The SMILES string of the molecule is O=C(CC1CCCCC1)c1c(Cl)ccc(F)c1F. The van der Waals surface area contributed by atoms with Gasteiger partial charge < -0.3 is 0 Å². The van der Waals surface area contributed by atoms with Crippen molar-refractivity contribution in [1.29, 1.82) is 0 Å². The molecule has 1 nitrogen and oxygen atoms in total. The van der Waals surface area contributed by atoms with Gasteiger partial charge in [0.25, 0.3) is 0 Å². The molecule has 1 saturated carbocycles. The summed E-state index contributed by atoms with van der Waals surface area (Å²) in [4.78, 5) is 12.0. The summed E-state index contributed by atoms with van der Waals surface area (Å²) in [6.07, 6.45) is 5.65. The summed E-state index contributed by atoms with van der Waals surface area (Å²) in [6, 6.07) is 2.17. The highest BCUT2D eigenvalue weighted by Crippen LogP contribution is 2.30. The van der Waals surface area contributed by atoms with Crippen molar-refractivity contribution in [1.82, 2.24) is 0 Å². The van der Waals surface area contributed by atoms with Crippen LogP contribution >= 0.6 is 11.6 Å². The second kappa shape index (κ2) is 5.79. The number of hydrogen-bond acceptors (Lipinski definition) is 1. The molecule has 0 aliphatic heterocycles. The van der Waals surface area contributed by atoms with Crippen LogP contribution in [0.2, 0.25) is 5.02 Å². The molecule has 1 aliphatic carbocycles. The Labute approximate surface area is 110 Å². The maximum Gasteiger partial charge on any atom is 0.171 e. The van der Waals surface area contributed by atoms with Crippen LogP contribution in [-0.2, 0) is 0 Å². The Kier molecular flexibility index (Phi) is 4.33. The Morgan fingerprint density at radius 3 is 2.56 bits per heavy atom. The molecule has 0 radical (unpaired) electrons. The third-order valence-electron chi connectivity index (χ3n) is 3.52. The van der Waals surface area contributed by atoms with Gasteiger partial charge in [-0.25, -0.2) is 8.78 Å². The van der Waals surface area contributed by atoms with E-state index in [-0.39, 0.29) is 28.7 Å². The summed E-state index contributed by atoms with van der Waals surface area (Å²) >= 11 is 5.79. The van der Waals surface area contributed by atoms with Gasteiger partial charge in [-0.3, -0.25) is 4.79 Å². The summed E-state index contributed by atoms with van der Waals surface area (Å²) in [5.41, 5.74) is -0.290. The Morgan fingerprint density at radius 1 is 1.22 bits per heavy atom. The van der Waals surface area contributed by atoms with E-state index in [1.165, 1.54) is 12.5 Å². The average molecular weight is 273 g/mol. The number of ketones is 1. The van der Waals surface area contributed by atoms with E-state index in [2.05, 4.69) is 0 Å². The van der Waals surface area contributed by atoms with E-state index in [0.717, 1.165) is 31.7 Å². The fourth-order valence-electron chi connectivity index (χ4n) is 2.54. The summed E-state index contributed by atoms with van der Waals surface area (Å²) in [7, 11) is 0. The zero-order chi connectivity index (χ0) is 13.1. The Balaban J connectivity index is 2.15. The van der Waals surface area contributed by atoms with E-state index in [1.807, 2.05) is 0 Å². The van der Waals surface area contributed by atoms with E-state index in [9.17, 15) is 13.6 Å². The van der Waals surface area contributed by atoms with E-state index in [0.29, 0.717) is 0 Å². The Morgan fingerprint density at radius 2 is 1.89 bits per heavy atom. The number of carbonyl (C=O) groups is 1. The third kappa shape index (κ3) is 2.89. The summed E-state index contributed by atoms with van der Waals surface area (Å²) in [5.74, 6) is -2.25. The minimum atomic E-state index is -1.12. The molecule has 0 saturated heterocycles. The minimum Gasteiger partial charge on any atom is -0.294 e. The van der Waals surface area contributed by atoms with Gasteiger partial charge in [0.2, 0.25) is 0 Å². The zero-order valence-electron chi connectivity index (χ0n) is 10.0. The molecule has 0 spiro atoms. The summed E-state index contributed by atoms with van der Waals surface area (Å²) in [5, 5.41) is -0.00490. The molecule has 2 rings (SSSR count). The van der Waals surface area contributed by atoms with Crippen LogP contribution in [-0.4, -0.2) is 5.78 Å². The molecule has 1 fully saturated rings. The van der Waals surface area contributed by atoms with Gasteiger partial charge in [0.15, 0.2) is 17.4 Å². The van der Waals surface area contributed by atoms with Crippen LogP contribution in [0.5, 0.6) is 0 Å². The lowest BCUT2D eigenvalue weighted by atomic mass is 9.84. The molecule has 0 amide bonds. The molecule has 1 aromatic carbocycles. The summed E-state index contributed by atoms with van der Waals surface area (Å²) in [6.45, 7) is 0. The van der Waals surface area contributed by atoms with E-state index in [4.69, 9.17) is 11.6 Å². The number of rotatable bonds is 3. The number of halogens is 3. The lowest BCUT2D eigenvalue weighted by molar-refractivity contribution is 0.0945. The Hall–Kier alpha value is -0.960. The lowest BCUT2D eigenvalue weighted by Gasteiger charge is -2.20. The molecule has 0 unspecified atom stereocenters. The minimum absolute atomic E-state index is 0.00490. The van der Waals surface area contributed by atoms with Crippen molar-refractivity contribution in [3.63, 3.8) is 0 Å². The largest absolute Gasteiger partial charge is 0.294 e. The van der Waals surface area contributed by atoms with Crippen molar-refractivity contribution in [2.75, 3.05) is 0 Å². The first-order valence-corrected chi connectivity index (χ1v) is 6.64. The van der Waals surface area contributed by atoms with Gasteiger partial charge in [0.1, 0.15) is 0 Å². The van der Waals surface area contributed by atoms with Crippen LogP contribution in [0.25, 0.3) is 0 Å². The van der Waals surface area contributed by atoms with Gasteiger partial charge in [-0.2, -0.15) is 0 Å². The third-order valence-corrected chi connectivity index (χ3v) is 3.84. The van der Waals surface area contributed by atoms with Crippen molar-refractivity contribution in [3.8, 4) is 0 Å². The average Bonchev–Trinajstić information content (AvgIpc) is 2.36. The number of Topliss-reactive ketones (excluding diaryl/α,β-unsaturated/α-hetero) is 1. The topological polar surface area (TPSA) is 17.1 Å². The maximum absolute atomic E-state index is 13.6. The highest BCUT2D eigenvalue weighted by Gasteiger charge is 2.23. The molecule has 0 N–H and O–H groups in total. The van der Waals surface area contributed by atoms with Crippen molar-refractivity contribution >= 4 is 17.4 Å². The van der Waals surface area contributed by atoms with Crippen LogP contribution in [0.1, 0.15) is 48.9 Å². The van der Waals surface area contributed by atoms with Gasteiger partial charge in [0, 0.05) is 6.42 Å². The fourth-order valence-corrected chi connectivity index (χ4v) is 2.79. The van der Waals surface area contributed by atoms with Crippen molar-refractivity contribution in [3.05, 3.63) is 34.4 Å². The predicted octanol–water partition coefficient (Wildman–Crippen LogP) is 4.77. The molecule has 4 heteroatoms. The molecular formula is C14H15ClF2O. The van der Waals surface area contributed by atoms with Gasteiger partial charge in [0.05, 0.1) is 10.6 Å². The van der Waals surface area contributed by atoms with E-state index in [1.54, 1.807) is 0 Å². The fraction of sp³-hybridized carbons (Fsp3) is 0.500. The van der Waals surface area contributed by atoms with Crippen molar-refractivity contribution in [2.24, 2.45) is 5.92 Å². The lowest BCUT2D eigenvalue weighted by Crippen LogP contribution is -2.14. The molecule has 0 atom stereocenters. The zero-order valence-corrected chi connectivity index (χ0v) is 10.8. The first kappa shape index (κ1) is 13.5. The normalized spacial score (nSPS) is 16.8. The monoisotopic (exact) mass is 272 g/mol. The van der Waals surface area contributed by atoms with E-state index < -0.39 is 11.6 Å². The molecule has 0 aromatic heterocycles. The highest BCUT2D eigenvalue weighted by atomic mass is 35.5. The summed E-state index contributed by atoms with van der Waals surface area (Å²) < 4.78 is 26.7. The highest BCUT2D eigenvalue weighted by molar-refractivity contribution is 6.34. The van der Waals surface area contributed by atoms with Crippen molar-refractivity contribution < 1.29 is 13.6 Å². The van der Waals surface area contributed by atoms with Gasteiger partial charge in [-0.1, -0.05) is 43.7 Å². The number of hydrogen-bond donors (Lipinski definition) is 0. The Bertz CT molecular complexity index is 453. The molecule has 1 aliphatic rings. The second-order valence-electron chi connectivity index (χ2n) is 4.85. The first-order chi connectivity index (χ1) is 8.59. The molecule has 1 aromatic rings. The molecule has 98 valence electrons. The molecular weight excluding hydrogens is 258 g/mol. The van der Waals surface area contributed by atoms with Crippen LogP contribution in [0.15, 0.2) is 12.1 Å². The molecule has 18 heavy (non-hydrogen) atoms. The number of benzene rings is 1. The van der Waals surface area contributed by atoms with Gasteiger partial charge >= 0.3 is 0 Å². The molecule has 0 bridgehead atoms. The van der Waals surface area contributed by atoms with Gasteiger partial charge in [-0.15, -0.1) is 0 Å². The standard InChI is InChI=1S/C14H15ClF2O/c15-10-6-7-11(16)14(17)13(10)12(18)8-9-4-2-1-3-5-9/h6-7,9H,1-5,8H2. The van der Waals surface area contributed by atoms with Crippen LogP contribution in [0.4, 0.5) is 8.78 Å². The van der Waals surface area contributed by atoms with Crippen LogP contribution < -0.4 is 0 Å². The van der Waals surface area contributed by atoms with Gasteiger partial charge in [-0.05, 0) is 18.1 Å².